The minimum absolute atomic E-state index is 0.353. The van der Waals surface area contributed by atoms with Gasteiger partial charge >= 0.3 is 0 Å². The van der Waals surface area contributed by atoms with E-state index in [2.05, 4.69) is 4.72 Å². The first-order valence-electron chi connectivity index (χ1n) is 1.06. The summed E-state index contributed by atoms with van der Waals surface area (Å²) in [5.41, 5.74) is 0. The molecule has 0 bridgehead atoms. The maximum absolute atomic E-state index is 6.73. The summed E-state index contributed by atoms with van der Waals surface area (Å²) in [5, 5.41) is 0. The van der Waals surface area contributed by atoms with Crippen molar-refractivity contribution in [1.82, 2.24) is 4.72 Å². The van der Waals surface area contributed by atoms with Crippen LogP contribution in [0.25, 0.3) is 0 Å². The molecule has 0 heterocycles. The topological polar surface area (TPSA) is 35.9 Å². The average molecular weight is 204 g/mol. The van der Waals surface area contributed by atoms with Crippen molar-refractivity contribution in [3.63, 3.8) is 0 Å². The summed E-state index contributed by atoms with van der Waals surface area (Å²) in [6, 6.07) is 0. The van der Waals surface area contributed by atoms with Crippen molar-refractivity contribution >= 4 is 29.3 Å². The molecule has 0 radical (unpaired) electrons. The SMILES string of the molecule is CNS(=N)I. The first-order chi connectivity index (χ1) is 2.27. The van der Waals surface area contributed by atoms with E-state index in [1.165, 1.54) is 0 Å². The molecule has 0 aliphatic heterocycles. The molecule has 0 spiro atoms. The Hall–Kier alpha value is 0.840. The second-order valence-electron chi connectivity index (χ2n) is 0.460. The Labute approximate surface area is 46.0 Å². The molecule has 1 atom stereocenters. The van der Waals surface area contributed by atoms with E-state index < -0.39 is 0 Å². The lowest BCUT2D eigenvalue weighted by Gasteiger charge is -1.82. The lowest BCUT2D eigenvalue weighted by molar-refractivity contribution is 1.29. The fraction of sp³-hybridized carbons (Fsp3) is 1.00. The van der Waals surface area contributed by atoms with E-state index in [4.69, 9.17) is 4.78 Å². The molecule has 2 N–H and O–H groups in total. The second kappa shape index (κ2) is 3.05. The maximum atomic E-state index is 6.73. The van der Waals surface area contributed by atoms with Gasteiger partial charge in [0, 0.05) is 29.3 Å². The smallest absolute Gasteiger partial charge is 0.0283 e. The molecule has 0 rings (SSSR count). The number of rotatable bonds is 1. The molecule has 0 aromatic rings. The Bertz CT molecular complexity index is 44.9. The molecule has 1 unspecified atom stereocenters. The van der Waals surface area contributed by atoms with Crippen molar-refractivity contribution in [1.29, 1.82) is 4.78 Å². The minimum atomic E-state index is -0.353. The molecule has 0 aromatic heterocycles. The van der Waals surface area contributed by atoms with Crippen molar-refractivity contribution in [2.24, 2.45) is 0 Å². The first kappa shape index (κ1) is 5.84. The van der Waals surface area contributed by atoms with Crippen LogP contribution >= 0.6 is 21.2 Å². The lowest BCUT2D eigenvalue weighted by atomic mass is 11.6. The normalized spacial score (nSPS) is 14.8. The van der Waals surface area contributed by atoms with Gasteiger partial charge in [-0.1, -0.05) is 0 Å². The number of hydrogen-bond donors (Lipinski definition) is 2. The molecular formula is CH5IN2S. The highest BCUT2D eigenvalue weighted by molar-refractivity contribution is 14.2. The third-order valence-corrected chi connectivity index (χ3v) is 1.86. The highest BCUT2D eigenvalue weighted by Gasteiger charge is 1.66. The molecule has 0 aliphatic rings. The highest BCUT2D eigenvalue weighted by Crippen LogP contribution is 1.83. The van der Waals surface area contributed by atoms with Crippen LogP contribution in [-0.2, 0) is 8.05 Å². The average Bonchev–Trinajstić information content (AvgIpc) is 1.38. The molecule has 4 heteroatoms. The van der Waals surface area contributed by atoms with Gasteiger partial charge in [0.05, 0.1) is 0 Å². The Morgan fingerprint density at radius 3 is 2.20 bits per heavy atom. The Balaban J connectivity index is 2.85. The van der Waals surface area contributed by atoms with Crippen molar-refractivity contribution in [2.75, 3.05) is 7.05 Å². The highest BCUT2D eigenvalue weighted by atomic mass is 127. The zero-order valence-electron chi connectivity index (χ0n) is 2.79. The van der Waals surface area contributed by atoms with Gasteiger partial charge < -0.3 is 0 Å². The van der Waals surface area contributed by atoms with E-state index in [0.717, 1.165) is 0 Å². The molecule has 5 heavy (non-hydrogen) atoms. The van der Waals surface area contributed by atoms with E-state index >= 15 is 0 Å². The van der Waals surface area contributed by atoms with Crippen LogP contribution in [0.15, 0.2) is 0 Å². The zero-order valence-corrected chi connectivity index (χ0v) is 5.76. The third kappa shape index (κ3) is 4.84. The Kier molecular flexibility index (Phi) is 3.56. The number of halogens is 1. The molecule has 32 valence electrons. The van der Waals surface area contributed by atoms with Crippen LogP contribution in [0.2, 0.25) is 0 Å². The fourth-order valence-electron chi connectivity index (χ4n) is 0. The van der Waals surface area contributed by atoms with Gasteiger partial charge in [-0.25, -0.2) is 0 Å². The molecule has 0 aromatic carbocycles. The van der Waals surface area contributed by atoms with Gasteiger partial charge in [-0.15, -0.1) is 0 Å². The van der Waals surface area contributed by atoms with E-state index in [0.29, 0.717) is 0 Å². The molecule has 0 aliphatic carbocycles. The van der Waals surface area contributed by atoms with Gasteiger partial charge in [-0.3, -0.25) is 9.50 Å². The quantitative estimate of drug-likeness (QED) is 0.610. The van der Waals surface area contributed by atoms with E-state index in [1.54, 1.807) is 7.05 Å². The maximum Gasteiger partial charge on any atom is 0.0283 e. The summed E-state index contributed by atoms with van der Waals surface area (Å²) in [4.78, 5) is 0. The standard InChI is InChI=1S/CH5IN2S/c1-4-5(2)3/h1H3,(H2,3,4). The van der Waals surface area contributed by atoms with Crippen LogP contribution in [0.4, 0.5) is 0 Å². The summed E-state index contributed by atoms with van der Waals surface area (Å²) < 4.78 is 9.44. The predicted molar refractivity (Wildman–Crippen MR) is 33.2 cm³/mol. The van der Waals surface area contributed by atoms with Crippen LogP contribution in [-0.4, -0.2) is 7.05 Å². The number of hydrogen-bond acceptors (Lipinski definition) is 1. The molecule has 0 fully saturated rings. The van der Waals surface area contributed by atoms with E-state index in [1.807, 2.05) is 21.2 Å². The summed E-state index contributed by atoms with van der Waals surface area (Å²) in [6.45, 7) is 0. The monoisotopic (exact) mass is 204 g/mol. The van der Waals surface area contributed by atoms with Crippen LogP contribution in [0.1, 0.15) is 0 Å². The van der Waals surface area contributed by atoms with Gasteiger partial charge in [0.15, 0.2) is 0 Å². The Morgan fingerprint density at radius 1 is 2.00 bits per heavy atom. The summed E-state index contributed by atoms with van der Waals surface area (Å²) in [6.07, 6.45) is 0. The minimum Gasteiger partial charge on any atom is -0.256 e. The first-order valence-corrected chi connectivity index (χ1v) is 4.83. The number of nitrogens with one attached hydrogen (secondary N) is 2. The zero-order chi connectivity index (χ0) is 4.28. The van der Waals surface area contributed by atoms with Crippen LogP contribution in [0.3, 0.4) is 0 Å². The molecule has 0 saturated carbocycles. The lowest BCUT2D eigenvalue weighted by Crippen LogP contribution is -1.99. The molecule has 0 saturated heterocycles. The Morgan fingerprint density at radius 2 is 2.20 bits per heavy atom. The fourth-order valence-corrected chi connectivity index (χ4v) is 0. The molecule has 2 nitrogen and oxygen atoms in total. The van der Waals surface area contributed by atoms with Gasteiger partial charge in [-0.05, 0) is 7.05 Å². The van der Waals surface area contributed by atoms with Crippen molar-refractivity contribution in [3.8, 4) is 0 Å². The summed E-state index contributed by atoms with van der Waals surface area (Å²) in [7, 11) is 1.41. The van der Waals surface area contributed by atoms with Crippen molar-refractivity contribution < 1.29 is 0 Å². The van der Waals surface area contributed by atoms with Crippen molar-refractivity contribution in [3.05, 3.63) is 0 Å². The molecular weight excluding hydrogens is 199 g/mol. The van der Waals surface area contributed by atoms with Crippen LogP contribution in [0.5, 0.6) is 0 Å². The van der Waals surface area contributed by atoms with E-state index in [9.17, 15) is 0 Å². The molecule has 0 amide bonds. The van der Waals surface area contributed by atoms with E-state index in [-0.39, 0.29) is 8.05 Å². The predicted octanol–water partition coefficient (Wildman–Crippen LogP) is 0.851. The van der Waals surface area contributed by atoms with Gasteiger partial charge in [0.1, 0.15) is 0 Å². The van der Waals surface area contributed by atoms with Gasteiger partial charge in [0.2, 0.25) is 0 Å². The third-order valence-electron chi connectivity index (χ3n) is 0.179. The van der Waals surface area contributed by atoms with Gasteiger partial charge in [0.25, 0.3) is 0 Å². The van der Waals surface area contributed by atoms with Crippen molar-refractivity contribution in [2.45, 2.75) is 0 Å². The van der Waals surface area contributed by atoms with Crippen LogP contribution in [0, 0.1) is 4.78 Å². The summed E-state index contributed by atoms with van der Waals surface area (Å²) >= 11 is 1.99. The largest absolute Gasteiger partial charge is 0.256 e. The summed E-state index contributed by atoms with van der Waals surface area (Å²) in [5.74, 6) is 0. The van der Waals surface area contributed by atoms with Crippen LogP contribution < -0.4 is 4.72 Å². The second-order valence-corrected chi connectivity index (χ2v) is 4.02. The van der Waals surface area contributed by atoms with Gasteiger partial charge in [-0.2, -0.15) is 0 Å².